The molecule has 0 atom stereocenters. The number of carbonyl (C=O) groups excluding carboxylic acids is 1. The van der Waals surface area contributed by atoms with E-state index in [9.17, 15) is 18.0 Å². The topological polar surface area (TPSA) is 44.1 Å². The number of nitrogens with zero attached hydrogens (tertiary/aromatic N) is 2. The second-order valence-electron chi connectivity index (χ2n) is 2.62. The number of carbonyl (C=O) groups is 1. The monoisotopic (exact) mass is 334 g/mol. The number of halogens is 4. The summed E-state index contributed by atoms with van der Waals surface area (Å²) in [5, 5.41) is 3.48. The molecule has 0 radical (unpaired) electrons. The summed E-state index contributed by atoms with van der Waals surface area (Å²) >= 11 is 1.66. The summed E-state index contributed by atoms with van der Waals surface area (Å²) in [6.07, 6.45) is -4.36. The maximum absolute atomic E-state index is 12.0. The molecule has 0 aliphatic rings. The van der Waals surface area contributed by atoms with Crippen LogP contribution in [-0.4, -0.2) is 29.0 Å². The third-order valence-electron chi connectivity index (χ3n) is 1.45. The highest BCUT2D eigenvalue weighted by Gasteiger charge is 2.30. The van der Waals surface area contributed by atoms with Crippen molar-refractivity contribution in [3.63, 3.8) is 0 Å². The number of aromatic nitrogens is 2. The van der Waals surface area contributed by atoms with Crippen molar-refractivity contribution >= 4 is 28.6 Å². The number of esters is 1. The maximum Gasteiger partial charge on any atom is 0.408 e. The Morgan fingerprint density at radius 3 is 2.73 bits per heavy atom. The van der Waals surface area contributed by atoms with Crippen LogP contribution in [0.5, 0.6) is 0 Å². The second-order valence-corrected chi connectivity index (χ2v) is 3.72. The van der Waals surface area contributed by atoms with Crippen molar-refractivity contribution in [1.82, 2.24) is 9.78 Å². The SMILES string of the molecule is COC(=O)c1cc(I)n(CC(F)(F)F)n1. The van der Waals surface area contributed by atoms with Crippen molar-refractivity contribution in [3.8, 4) is 0 Å². The molecule has 0 saturated carbocycles. The molecule has 1 aromatic heterocycles. The quantitative estimate of drug-likeness (QED) is 0.612. The highest BCUT2D eigenvalue weighted by atomic mass is 127. The minimum atomic E-state index is -4.36. The molecule has 0 spiro atoms. The molecule has 0 saturated heterocycles. The Balaban J connectivity index is 2.92. The number of hydrogen-bond donors (Lipinski definition) is 0. The summed E-state index contributed by atoms with van der Waals surface area (Å²) in [6, 6.07) is 1.23. The maximum atomic E-state index is 12.0. The van der Waals surface area contributed by atoms with E-state index in [1.54, 1.807) is 22.6 Å². The van der Waals surface area contributed by atoms with Crippen molar-refractivity contribution in [2.75, 3.05) is 7.11 Å². The Bertz CT molecular complexity index is 375. The first-order valence-electron chi connectivity index (χ1n) is 3.72. The van der Waals surface area contributed by atoms with Crippen LogP contribution in [0.1, 0.15) is 10.5 Å². The summed E-state index contributed by atoms with van der Waals surface area (Å²) in [7, 11) is 1.14. The minimum absolute atomic E-state index is 0.133. The Kier molecular flexibility index (Phi) is 3.58. The van der Waals surface area contributed by atoms with E-state index < -0.39 is 18.7 Å². The molecule has 0 aromatic carbocycles. The number of hydrogen-bond acceptors (Lipinski definition) is 3. The summed E-state index contributed by atoms with van der Waals surface area (Å²) in [4.78, 5) is 11.0. The van der Waals surface area contributed by atoms with Crippen LogP contribution in [0.4, 0.5) is 13.2 Å². The van der Waals surface area contributed by atoms with Crippen LogP contribution in [0.25, 0.3) is 0 Å². The van der Waals surface area contributed by atoms with Crippen LogP contribution in [-0.2, 0) is 11.3 Å². The first-order valence-corrected chi connectivity index (χ1v) is 4.80. The molecule has 0 unspecified atom stereocenters. The van der Waals surface area contributed by atoms with Crippen LogP contribution in [0, 0.1) is 3.70 Å². The fourth-order valence-electron chi connectivity index (χ4n) is 0.879. The van der Waals surface area contributed by atoms with E-state index in [1.165, 1.54) is 6.07 Å². The van der Waals surface area contributed by atoms with E-state index in [0.717, 1.165) is 7.11 Å². The number of rotatable bonds is 2. The van der Waals surface area contributed by atoms with Gasteiger partial charge in [0, 0.05) is 6.07 Å². The molecule has 1 rings (SSSR count). The van der Waals surface area contributed by atoms with Gasteiger partial charge in [0.1, 0.15) is 10.2 Å². The van der Waals surface area contributed by atoms with Crippen LogP contribution < -0.4 is 0 Å². The van der Waals surface area contributed by atoms with Gasteiger partial charge in [-0.1, -0.05) is 0 Å². The molecule has 8 heteroatoms. The van der Waals surface area contributed by atoms with Gasteiger partial charge < -0.3 is 4.74 Å². The zero-order valence-electron chi connectivity index (χ0n) is 7.51. The Morgan fingerprint density at radius 2 is 2.27 bits per heavy atom. The standard InChI is InChI=1S/C7H6F3IN2O2/c1-15-6(14)4-2-5(11)13(12-4)3-7(8,9)10/h2H,3H2,1H3. The van der Waals surface area contributed by atoms with Gasteiger partial charge in [-0.2, -0.15) is 18.3 Å². The number of ether oxygens (including phenoxy) is 1. The lowest BCUT2D eigenvalue weighted by molar-refractivity contribution is -0.143. The summed E-state index contributed by atoms with van der Waals surface area (Å²) in [5.41, 5.74) is -0.133. The normalized spacial score (nSPS) is 11.5. The first kappa shape index (κ1) is 12.3. The zero-order valence-corrected chi connectivity index (χ0v) is 9.66. The molecule has 0 aliphatic heterocycles. The van der Waals surface area contributed by atoms with Crippen molar-refractivity contribution < 1.29 is 22.7 Å². The highest BCUT2D eigenvalue weighted by Crippen LogP contribution is 2.19. The van der Waals surface area contributed by atoms with Crippen molar-refractivity contribution in [2.45, 2.75) is 12.7 Å². The third-order valence-corrected chi connectivity index (χ3v) is 2.32. The molecule has 0 bridgehead atoms. The van der Waals surface area contributed by atoms with Gasteiger partial charge in [-0.05, 0) is 22.6 Å². The number of methoxy groups -OCH3 is 1. The predicted octanol–water partition coefficient (Wildman–Crippen LogP) is 1.84. The molecule has 0 fully saturated rings. The van der Waals surface area contributed by atoms with E-state index >= 15 is 0 Å². The van der Waals surface area contributed by atoms with E-state index in [0.29, 0.717) is 4.68 Å². The fourth-order valence-corrected chi connectivity index (χ4v) is 1.45. The van der Waals surface area contributed by atoms with Gasteiger partial charge in [-0.25, -0.2) is 9.48 Å². The third kappa shape index (κ3) is 3.36. The Hall–Kier alpha value is -0.800. The molecular formula is C7H6F3IN2O2. The molecule has 84 valence electrons. The first-order chi connectivity index (χ1) is 6.83. The molecule has 1 heterocycles. The van der Waals surface area contributed by atoms with Crippen molar-refractivity contribution in [2.24, 2.45) is 0 Å². The highest BCUT2D eigenvalue weighted by molar-refractivity contribution is 14.1. The largest absolute Gasteiger partial charge is 0.464 e. The van der Waals surface area contributed by atoms with Gasteiger partial charge in [0.2, 0.25) is 0 Å². The number of alkyl halides is 3. The van der Waals surface area contributed by atoms with Crippen LogP contribution in [0.2, 0.25) is 0 Å². The van der Waals surface area contributed by atoms with E-state index in [4.69, 9.17) is 0 Å². The molecule has 1 aromatic rings. The fraction of sp³-hybridized carbons (Fsp3) is 0.429. The Morgan fingerprint density at radius 1 is 1.67 bits per heavy atom. The van der Waals surface area contributed by atoms with Gasteiger partial charge in [0.25, 0.3) is 0 Å². The smallest absolute Gasteiger partial charge is 0.408 e. The van der Waals surface area contributed by atoms with Gasteiger partial charge in [0.15, 0.2) is 5.69 Å². The summed E-state index contributed by atoms with van der Waals surface area (Å²) in [5.74, 6) is -0.756. The summed E-state index contributed by atoms with van der Waals surface area (Å²) < 4.78 is 41.4. The molecule has 0 aliphatic carbocycles. The molecule has 0 amide bonds. The predicted molar refractivity (Wildman–Crippen MR) is 52.3 cm³/mol. The minimum Gasteiger partial charge on any atom is -0.464 e. The molecular weight excluding hydrogens is 328 g/mol. The Labute approximate surface area is 96.5 Å². The lowest BCUT2D eigenvalue weighted by Gasteiger charge is -2.06. The average molecular weight is 334 g/mol. The lowest BCUT2D eigenvalue weighted by Crippen LogP contribution is -2.20. The van der Waals surface area contributed by atoms with E-state index in [2.05, 4.69) is 9.84 Å². The van der Waals surface area contributed by atoms with Crippen LogP contribution in [0.15, 0.2) is 6.07 Å². The molecule has 0 N–H and O–H groups in total. The van der Waals surface area contributed by atoms with Gasteiger partial charge in [0.05, 0.1) is 7.11 Å². The zero-order chi connectivity index (χ0) is 11.6. The van der Waals surface area contributed by atoms with Crippen molar-refractivity contribution in [1.29, 1.82) is 0 Å². The van der Waals surface area contributed by atoms with E-state index in [-0.39, 0.29) is 9.39 Å². The van der Waals surface area contributed by atoms with Crippen molar-refractivity contribution in [3.05, 3.63) is 15.5 Å². The summed E-state index contributed by atoms with van der Waals surface area (Å²) in [6.45, 7) is -1.22. The average Bonchev–Trinajstić information content (AvgIpc) is 2.44. The molecule has 4 nitrogen and oxygen atoms in total. The second kappa shape index (κ2) is 4.37. The van der Waals surface area contributed by atoms with Gasteiger partial charge in [-0.15, -0.1) is 0 Å². The van der Waals surface area contributed by atoms with Gasteiger partial charge >= 0.3 is 12.1 Å². The van der Waals surface area contributed by atoms with Gasteiger partial charge in [-0.3, -0.25) is 0 Å². The lowest BCUT2D eigenvalue weighted by atomic mass is 10.4. The molecule has 15 heavy (non-hydrogen) atoms. The van der Waals surface area contributed by atoms with Crippen LogP contribution in [0.3, 0.4) is 0 Å². The van der Waals surface area contributed by atoms with E-state index in [1.807, 2.05) is 0 Å². The van der Waals surface area contributed by atoms with Crippen LogP contribution >= 0.6 is 22.6 Å².